The van der Waals surface area contributed by atoms with E-state index in [1.165, 1.54) is 37.8 Å². The molecule has 6 nitrogen and oxygen atoms in total. The molecule has 36 heavy (non-hydrogen) atoms. The second-order valence-corrected chi connectivity index (χ2v) is 9.22. The predicted molar refractivity (Wildman–Crippen MR) is 151 cm³/mol. The average molecular weight is 500 g/mol. The van der Waals surface area contributed by atoms with Crippen LogP contribution in [-0.2, 0) is 14.4 Å². The lowest BCUT2D eigenvalue weighted by molar-refractivity contribution is -0.125. The molecule has 2 saturated carbocycles. The third-order valence-corrected chi connectivity index (χ3v) is 6.13. The molecule has 202 valence electrons. The third kappa shape index (κ3) is 15.2. The van der Waals surface area contributed by atoms with E-state index in [4.69, 9.17) is 0 Å². The lowest BCUT2D eigenvalue weighted by Crippen LogP contribution is -2.43. The molecule has 0 radical (unpaired) electrons. The van der Waals surface area contributed by atoms with Gasteiger partial charge < -0.3 is 16.0 Å². The molecule has 2 aliphatic carbocycles. The van der Waals surface area contributed by atoms with Crippen LogP contribution < -0.4 is 16.0 Å². The van der Waals surface area contributed by atoms with E-state index in [0.717, 1.165) is 37.6 Å². The summed E-state index contributed by atoms with van der Waals surface area (Å²) in [5.41, 5.74) is 1.17. The number of nitrogens with one attached hydrogen (secondary N) is 3. The highest BCUT2D eigenvalue weighted by molar-refractivity contribution is 5.86. The normalized spacial score (nSPS) is 20.9. The zero-order valence-electron chi connectivity index (χ0n) is 23.1. The maximum Gasteiger partial charge on any atom is 0.243 e. The van der Waals surface area contributed by atoms with Crippen molar-refractivity contribution < 1.29 is 14.4 Å². The molecular weight excluding hydrogens is 450 g/mol. The fourth-order valence-electron chi connectivity index (χ4n) is 4.56. The molecule has 3 amide bonds. The number of hydrogen-bond acceptors (Lipinski definition) is 3. The Kier molecular flexibility index (Phi) is 18.7. The number of benzene rings is 1. The first-order valence-corrected chi connectivity index (χ1v) is 13.4. The summed E-state index contributed by atoms with van der Waals surface area (Å²) >= 11 is 0. The number of carbonyl (C=O) groups is 3. The van der Waals surface area contributed by atoms with E-state index >= 15 is 0 Å². The molecule has 0 aromatic heterocycles. The van der Waals surface area contributed by atoms with Gasteiger partial charge in [-0.3, -0.25) is 14.4 Å². The largest absolute Gasteiger partial charge is 0.353 e. The summed E-state index contributed by atoms with van der Waals surface area (Å²) < 4.78 is 0. The number of hydrogen-bond donors (Lipinski definition) is 3. The van der Waals surface area contributed by atoms with Crippen molar-refractivity contribution in [2.45, 2.75) is 79.2 Å². The molecule has 2 bridgehead atoms. The van der Waals surface area contributed by atoms with Gasteiger partial charge in [-0.15, -0.1) is 0 Å². The maximum atomic E-state index is 11.6. The fourth-order valence-corrected chi connectivity index (χ4v) is 4.56. The van der Waals surface area contributed by atoms with Gasteiger partial charge in [-0.2, -0.15) is 0 Å². The number of rotatable bonds is 8. The Balaban J connectivity index is 0.000000546. The Morgan fingerprint density at radius 2 is 1.67 bits per heavy atom. The van der Waals surface area contributed by atoms with Gasteiger partial charge in [0.05, 0.1) is 6.54 Å². The molecule has 0 spiro atoms. The predicted octanol–water partition coefficient (Wildman–Crippen LogP) is 5.51. The third-order valence-electron chi connectivity index (χ3n) is 6.13. The number of carbonyl (C=O) groups excluding carboxylic acids is 3. The van der Waals surface area contributed by atoms with Crippen LogP contribution in [0.3, 0.4) is 0 Å². The van der Waals surface area contributed by atoms with Crippen molar-refractivity contribution in [2.75, 3.05) is 13.1 Å². The van der Waals surface area contributed by atoms with Crippen molar-refractivity contribution in [1.29, 1.82) is 0 Å². The summed E-state index contributed by atoms with van der Waals surface area (Å²) in [5.74, 6) is 1.98. The van der Waals surface area contributed by atoms with Gasteiger partial charge in [-0.05, 0) is 61.5 Å². The van der Waals surface area contributed by atoms with E-state index in [2.05, 4.69) is 43.0 Å². The Labute approximate surface area is 219 Å². The summed E-state index contributed by atoms with van der Waals surface area (Å²) in [5, 5.41) is 8.29. The van der Waals surface area contributed by atoms with Crippen molar-refractivity contribution in [3.8, 4) is 0 Å². The summed E-state index contributed by atoms with van der Waals surface area (Å²) in [6.07, 6.45) is 10.2. The van der Waals surface area contributed by atoms with Gasteiger partial charge in [-0.1, -0.05) is 83.7 Å². The van der Waals surface area contributed by atoms with Crippen molar-refractivity contribution in [3.05, 3.63) is 55.1 Å². The monoisotopic (exact) mass is 499 g/mol. The molecule has 4 atom stereocenters. The average Bonchev–Trinajstić information content (AvgIpc) is 3.17. The molecular formula is C30H49N3O3. The first kappa shape index (κ1) is 33.1. The van der Waals surface area contributed by atoms with Gasteiger partial charge in [0, 0.05) is 19.5 Å². The Morgan fingerprint density at radius 3 is 2.19 bits per heavy atom. The highest BCUT2D eigenvalue weighted by atomic mass is 16.2. The smallest absolute Gasteiger partial charge is 0.243 e. The van der Waals surface area contributed by atoms with Crippen LogP contribution in [-0.4, -0.2) is 36.9 Å². The highest BCUT2D eigenvalue weighted by Crippen LogP contribution is 2.44. The topological polar surface area (TPSA) is 87.3 Å². The second kappa shape index (κ2) is 20.3. The standard InChI is InChI=1S/C13H22N2O2.C8H8.C7H13NO.C2H6/c1-8-3-10-5-11(4-8)12(6-10)15-13(17)7-14-9(2)16;1-2-8-6-4-3-5-7-8;1-3-5-6-8-7(9)4-2;1-2/h8,10-12H,3-7H2,1-2H3,(H,14,16)(H,15,17);2-7H,1H2;4H,2-3,5-6H2,1H3,(H,8,9);1-2H3. The van der Waals surface area contributed by atoms with Crippen LogP contribution in [0.2, 0.25) is 0 Å². The van der Waals surface area contributed by atoms with Crippen LogP contribution in [0.5, 0.6) is 0 Å². The molecule has 1 aromatic carbocycles. The molecule has 2 aliphatic rings. The lowest BCUT2D eigenvalue weighted by Gasteiger charge is -2.26. The molecule has 6 heteroatoms. The molecule has 2 fully saturated rings. The number of fused-ring (bicyclic) bond motifs is 2. The minimum atomic E-state index is -0.154. The molecule has 0 aliphatic heterocycles. The van der Waals surface area contributed by atoms with Gasteiger partial charge >= 0.3 is 0 Å². The van der Waals surface area contributed by atoms with Gasteiger partial charge in [0.25, 0.3) is 0 Å². The Morgan fingerprint density at radius 1 is 1.00 bits per heavy atom. The van der Waals surface area contributed by atoms with Gasteiger partial charge in [0.2, 0.25) is 17.7 Å². The van der Waals surface area contributed by atoms with Crippen LogP contribution in [0.4, 0.5) is 0 Å². The molecule has 0 saturated heterocycles. The van der Waals surface area contributed by atoms with Crippen LogP contribution in [0.1, 0.15) is 78.7 Å². The highest BCUT2D eigenvalue weighted by Gasteiger charge is 2.39. The quantitative estimate of drug-likeness (QED) is 0.326. The van der Waals surface area contributed by atoms with Crippen LogP contribution in [0.25, 0.3) is 6.08 Å². The lowest BCUT2D eigenvalue weighted by atomic mass is 9.82. The van der Waals surface area contributed by atoms with E-state index < -0.39 is 0 Å². The van der Waals surface area contributed by atoms with Crippen molar-refractivity contribution in [1.82, 2.24) is 16.0 Å². The van der Waals surface area contributed by atoms with Gasteiger partial charge in [0.15, 0.2) is 0 Å². The SMILES string of the molecule is C=CC(=O)NCCCC.C=Cc1ccccc1.CC.CC(=O)NCC(=O)NC1CC2CC(C)CC1C2. The minimum Gasteiger partial charge on any atom is -0.353 e. The number of unbranched alkanes of at least 4 members (excludes halogenated alkanes) is 1. The first-order chi connectivity index (χ1) is 17.3. The first-order valence-electron chi connectivity index (χ1n) is 13.4. The number of amides is 3. The maximum absolute atomic E-state index is 11.6. The van der Waals surface area contributed by atoms with Crippen molar-refractivity contribution in [3.63, 3.8) is 0 Å². The summed E-state index contributed by atoms with van der Waals surface area (Å²) in [6.45, 7) is 17.7. The minimum absolute atomic E-state index is 0.0506. The molecule has 3 rings (SSSR count). The zero-order valence-corrected chi connectivity index (χ0v) is 23.1. The zero-order chi connectivity index (χ0) is 27.3. The van der Waals surface area contributed by atoms with Crippen LogP contribution in [0, 0.1) is 17.8 Å². The summed E-state index contributed by atoms with van der Waals surface area (Å²) in [7, 11) is 0. The van der Waals surface area contributed by atoms with Crippen LogP contribution >= 0.6 is 0 Å². The fraction of sp³-hybridized carbons (Fsp3) is 0.567. The molecule has 3 N–H and O–H groups in total. The van der Waals surface area contributed by atoms with Gasteiger partial charge in [0.1, 0.15) is 0 Å². The Hall–Kier alpha value is -2.89. The summed E-state index contributed by atoms with van der Waals surface area (Å²) in [6, 6.07) is 10.4. The molecule has 0 heterocycles. The van der Waals surface area contributed by atoms with Crippen molar-refractivity contribution in [2.24, 2.45) is 17.8 Å². The molecule has 1 aromatic rings. The molecule has 4 unspecified atom stereocenters. The van der Waals surface area contributed by atoms with Crippen LogP contribution in [0.15, 0.2) is 49.6 Å². The summed E-state index contributed by atoms with van der Waals surface area (Å²) in [4.78, 5) is 32.8. The van der Waals surface area contributed by atoms with E-state index in [1.54, 1.807) is 0 Å². The Bertz CT molecular complexity index is 779. The van der Waals surface area contributed by atoms with E-state index in [9.17, 15) is 14.4 Å². The van der Waals surface area contributed by atoms with E-state index in [0.29, 0.717) is 12.0 Å². The van der Waals surface area contributed by atoms with Crippen molar-refractivity contribution >= 4 is 23.8 Å². The van der Waals surface area contributed by atoms with Gasteiger partial charge in [-0.25, -0.2) is 0 Å². The second-order valence-electron chi connectivity index (χ2n) is 9.22. The van der Waals surface area contributed by atoms with E-state index in [-0.39, 0.29) is 24.3 Å². The van der Waals surface area contributed by atoms with E-state index in [1.807, 2.05) is 50.3 Å².